The van der Waals surface area contributed by atoms with Gasteiger partial charge in [0.05, 0.1) is 18.3 Å². The second-order valence-electron chi connectivity index (χ2n) is 3.55. The maximum absolute atomic E-state index is 5.89. The van der Waals surface area contributed by atoms with Crippen molar-refractivity contribution in [1.82, 2.24) is 9.78 Å². The van der Waals surface area contributed by atoms with Crippen LogP contribution in [-0.2, 0) is 6.54 Å². The van der Waals surface area contributed by atoms with Gasteiger partial charge < -0.3 is 5.73 Å². The van der Waals surface area contributed by atoms with Crippen molar-refractivity contribution in [3.8, 4) is 0 Å². The Kier molecular flexibility index (Phi) is 2.50. The van der Waals surface area contributed by atoms with E-state index in [0.717, 1.165) is 18.5 Å². The van der Waals surface area contributed by atoms with Gasteiger partial charge in [0.15, 0.2) is 0 Å². The maximum atomic E-state index is 5.89. The third-order valence-electron chi connectivity index (χ3n) is 2.48. The van der Waals surface area contributed by atoms with Crippen LogP contribution in [0.25, 0.3) is 10.9 Å². The summed E-state index contributed by atoms with van der Waals surface area (Å²) in [6, 6.07) is 8.38. The lowest BCUT2D eigenvalue weighted by molar-refractivity contribution is 0.512. The number of rotatable bonds is 3. The van der Waals surface area contributed by atoms with E-state index in [-0.39, 0.29) is 6.04 Å². The van der Waals surface area contributed by atoms with Crippen molar-refractivity contribution in [3.05, 3.63) is 30.5 Å². The predicted molar refractivity (Wildman–Crippen MR) is 58.0 cm³/mol. The van der Waals surface area contributed by atoms with Gasteiger partial charge in [0, 0.05) is 11.4 Å². The van der Waals surface area contributed by atoms with Gasteiger partial charge in [0.2, 0.25) is 0 Å². The van der Waals surface area contributed by atoms with Gasteiger partial charge in [0.1, 0.15) is 0 Å². The molecule has 2 rings (SSSR count). The fraction of sp³-hybridized carbons (Fsp3) is 0.364. The molecule has 2 aromatic rings. The molecular formula is C11H15N3. The average Bonchev–Trinajstić information content (AvgIpc) is 2.62. The summed E-state index contributed by atoms with van der Waals surface area (Å²) in [5.74, 6) is 0. The summed E-state index contributed by atoms with van der Waals surface area (Å²) in [5, 5.41) is 5.50. The van der Waals surface area contributed by atoms with Gasteiger partial charge in [-0.25, -0.2) is 0 Å². The second-order valence-corrected chi connectivity index (χ2v) is 3.55. The molecule has 0 aliphatic rings. The number of aromatic nitrogens is 2. The highest BCUT2D eigenvalue weighted by atomic mass is 15.3. The summed E-state index contributed by atoms with van der Waals surface area (Å²) in [5.41, 5.74) is 7.06. The van der Waals surface area contributed by atoms with E-state index >= 15 is 0 Å². The van der Waals surface area contributed by atoms with Gasteiger partial charge in [-0.2, -0.15) is 5.10 Å². The number of hydrogen-bond donors (Lipinski definition) is 1. The van der Waals surface area contributed by atoms with Gasteiger partial charge in [-0.1, -0.05) is 25.1 Å². The smallest absolute Gasteiger partial charge is 0.0683 e. The van der Waals surface area contributed by atoms with E-state index in [9.17, 15) is 0 Å². The highest BCUT2D eigenvalue weighted by Crippen LogP contribution is 2.12. The zero-order chi connectivity index (χ0) is 9.97. The average molecular weight is 189 g/mol. The number of para-hydroxylation sites is 1. The van der Waals surface area contributed by atoms with Gasteiger partial charge in [0.25, 0.3) is 0 Å². The molecule has 3 nitrogen and oxygen atoms in total. The number of benzene rings is 1. The molecule has 0 fully saturated rings. The van der Waals surface area contributed by atoms with Gasteiger partial charge in [-0.05, 0) is 12.5 Å². The molecule has 1 aromatic heterocycles. The SMILES string of the molecule is CCC(N)Cn1ncc2ccccc21. The minimum absolute atomic E-state index is 0.193. The molecule has 14 heavy (non-hydrogen) atoms. The van der Waals surface area contributed by atoms with Crippen molar-refractivity contribution in [2.75, 3.05) is 0 Å². The molecule has 1 heterocycles. The molecule has 1 aromatic carbocycles. The third-order valence-corrected chi connectivity index (χ3v) is 2.48. The van der Waals surface area contributed by atoms with Crippen molar-refractivity contribution < 1.29 is 0 Å². The summed E-state index contributed by atoms with van der Waals surface area (Å²) < 4.78 is 1.98. The van der Waals surface area contributed by atoms with Crippen LogP contribution < -0.4 is 5.73 Å². The van der Waals surface area contributed by atoms with E-state index in [1.54, 1.807) is 0 Å². The molecule has 0 saturated carbocycles. The van der Waals surface area contributed by atoms with Crippen LogP contribution in [0.2, 0.25) is 0 Å². The van der Waals surface area contributed by atoms with Crippen molar-refractivity contribution >= 4 is 10.9 Å². The van der Waals surface area contributed by atoms with Gasteiger partial charge in [-0.3, -0.25) is 4.68 Å². The molecular weight excluding hydrogens is 174 g/mol. The van der Waals surface area contributed by atoms with Crippen LogP contribution in [0.4, 0.5) is 0 Å². The van der Waals surface area contributed by atoms with E-state index in [1.165, 1.54) is 5.39 Å². The quantitative estimate of drug-likeness (QED) is 0.799. The first kappa shape index (κ1) is 9.21. The van der Waals surface area contributed by atoms with Crippen LogP contribution in [0.15, 0.2) is 30.5 Å². The molecule has 1 unspecified atom stereocenters. The Morgan fingerprint density at radius 1 is 1.43 bits per heavy atom. The lowest BCUT2D eigenvalue weighted by atomic mass is 10.2. The van der Waals surface area contributed by atoms with Gasteiger partial charge in [-0.15, -0.1) is 0 Å². The van der Waals surface area contributed by atoms with E-state index < -0.39 is 0 Å². The molecule has 74 valence electrons. The molecule has 0 aliphatic carbocycles. The van der Waals surface area contributed by atoms with E-state index in [2.05, 4.69) is 24.2 Å². The van der Waals surface area contributed by atoms with Crippen molar-refractivity contribution in [3.63, 3.8) is 0 Å². The zero-order valence-electron chi connectivity index (χ0n) is 8.35. The van der Waals surface area contributed by atoms with Crippen LogP contribution >= 0.6 is 0 Å². The van der Waals surface area contributed by atoms with E-state index in [1.807, 2.05) is 23.0 Å². The summed E-state index contributed by atoms with van der Waals surface area (Å²) in [7, 11) is 0. The number of nitrogens with two attached hydrogens (primary N) is 1. The van der Waals surface area contributed by atoms with Crippen LogP contribution in [0.1, 0.15) is 13.3 Å². The Morgan fingerprint density at radius 2 is 2.21 bits per heavy atom. The van der Waals surface area contributed by atoms with Crippen molar-refractivity contribution in [2.45, 2.75) is 25.9 Å². The molecule has 0 amide bonds. The minimum atomic E-state index is 0.193. The molecule has 0 saturated heterocycles. The number of hydrogen-bond acceptors (Lipinski definition) is 2. The molecule has 0 bridgehead atoms. The molecule has 0 aliphatic heterocycles. The molecule has 0 spiro atoms. The lowest BCUT2D eigenvalue weighted by Gasteiger charge is -2.09. The third kappa shape index (κ3) is 1.63. The Labute approximate surface area is 83.5 Å². The summed E-state index contributed by atoms with van der Waals surface area (Å²) in [4.78, 5) is 0. The standard InChI is InChI=1S/C11H15N3/c1-2-10(12)8-14-11-6-4-3-5-9(11)7-13-14/h3-7,10H,2,8,12H2,1H3. The predicted octanol–water partition coefficient (Wildman–Crippen LogP) is 1.77. The Bertz CT molecular complexity index is 419. The Balaban J connectivity index is 2.33. The summed E-state index contributed by atoms with van der Waals surface area (Å²) >= 11 is 0. The summed E-state index contributed by atoms with van der Waals surface area (Å²) in [6.45, 7) is 2.89. The van der Waals surface area contributed by atoms with E-state index in [4.69, 9.17) is 5.73 Å². The zero-order valence-corrected chi connectivity index (χ0v) is 8.35. The first-order chi connectivity index (χ1) is 6.81. The van der Waals surface area contributed by atoms with Crippen molar-refractivity contribution in [2.24, 2.45) is 5.73 Å². The molecule has 0 radical (unpaired) electrons. The van der Waals surface area contributed by atoms with Crippen LogP contribution in [0, 0.1) is 0 Å². The van der Waals surface area contributed by atoms with E-state index in [0.29, 0.717) is 0 Å². The minimum Gasteiger partial charge on any atom is -0.326 e. The number of fused-ring (bicyclic) bond motifs is 1. The normalized spacial score (nSPS) is 13.3. The summed E-state index contributed by atoms with van der Waals surface area (Å²) in [6.07, 6.45) is 2.87. The maximum Gasteiger partial charge on any atom is 0.0683 e. The molecule has 3 heteroatoms. The largest absolute Gasteiger partial charge is 0.326 e. The van der Waals surface area contributed by atoms with Crippen LogP contribution in [-0.4, -0.2) is 15.8 Å². The molecule has 2 N–H and O–H groups in total. The first-order valence-corrected chi connectivity index (χ1v) is 4.97. The highest BCUT2D eigenvalue weighted by Gasteiger charge is 2.04. The highest BCUT2D eigenvalue weighted by molar-refractivity contribution is 5.78. The fourth-order valence-electron chi connectivity index (χ4n) is 1.52. The van der Waals surface area contributed by atoms with Crippen LogP contribution in [0.3, 0.4) is 0 Å². The first-order valence-electron chi connectivity index (χ1n) is 4.97. The monoisotopic (exact) mass is 189 g/mol. The Morgan fingerprint density at radius 3 is 3.00 bits per heavy atom. The topological polar surface area (TPSA) is 43.8 Å². The lowest BCUT2D eigenvalue weighted by Crippen LogP contribution is -2.25. The molecule has 1 atom stereocenters. The van der Waals surface area contributed by atoms with Gasteiger partial charge >= 0.3 is 0 Å². The van der Waals surface area contributed by atoms with Crippen molar-refractivity contribution in [1.29, 1.82) is 0 Å². The second kappa shape index (κ2) is 3.80. The number of nitrogens with zero attached hydrogens (tertiary/aromatic N) is 2. The van der Waals surface area contributed by atoms with Crippen LogP contribution in [0.5, 0.6) is 0 Å². The fourth-order valence-corrected chi connectivity index (χ4v) is 1.52. The Hall–Kier alpha value is -1.35.